The Morgan fingerprint density at radius 1 is 1.26 bits per heavy atom. The molecule has 102 valence electrons. The van der Waals surface area contributed by atoms with Crippen LogP contribution in [0.2, 0.25) is 0 Å². The van der Waals surface area contributed by atoms with Crippen LogP contribution in [0.5, 0.6) is 0 Å². The van der Waals surface area contributed by atoms with Crippen LogP contribution in [-0.2, 0) is 19.9 Å². The number of hydrogen-bond donors (Lipinski definition) is 3. The Kier molecular flexibility index (Phi) is 4.19. The molecule has 1 unspecified atom stereocenters. The van der Waals surface area contributed by atoms with Gasteiger partial charge in [0.1, 0.15) is 5.82 Å². The highest BCUT2D eigenvalue weighted by Gasteiger charge is 2.16. The highest BCUT2D eigenvalue weighted by atomic mass is 15.3. The van der Waals surface area contributed by atoms with Crippen LogP contribution < -0.4 is 17.0 Å². The normalized spacial score (nSPS) is 12.6. The molecule has 0 radical (unpaired) electrons. The number of nitrogen functional groups attached to an aromatic ring is 1. The summed E-state index contributed by atoms with van der Waals surface area (Å²) in [4.78, 5) is 0. The van der Waals surface area contributed by atoms with E-state index in [-0.39, 0.29) is 6.04 Å². The van der Waals surface area contributed by atoms with Gasteiger partial charge in [0, 0.05) is 12.6 Å². The Labute approximate surface area is 113 Å². The van der Waals surface area contributed by atoms with E-state index in [1.54, 1.807) is 10.9 Å². The molecule has 0 spiro atoms. The molecule has 1 aromatic heterocycles. The third kappa shape index (κ3) is 2.94. The van der Waals surface area contributed by atoms with Crippen molar-refractivity contribution in [3.63, 3.8) is 0 Å². The minimum atomic E-state index is -0.0267. The summed E-state index contributed by atoms with van der Waals surface area (Å²) >= 11 is 0. The van der Waals surface area contributed by atoms with Crippen molar-refractivity contribution in [2.24, 2.45) is 12.9 Å². The lowest BCUT2D eigenvalue weighted by atomic mass is 10.00. The second-order valence-corrected chi connectivity index (χ2v) is 4.70. The van der Waals surface area contributed by atoms with Crippen LogP contribution in [0.25, 0.3) is 0 Å². The third-order valence-corrected chi connectivity index (χ3v) is 3.46. The van der Waals surface area contributed by atoms with Gasteiger partial charge in [-0.3, -0.25) is 16.0 Å². The monoisotopic (exact) mass is 259 g/mol. The number of benzene rings is 1. The maximum Gasteiger partial charge on any atom is 0.126 e. The molecule has 0 amide bonds. The zero-order valence-electron chi connectivity index (χ0n) is 11.4. The molecular weight excluding hydrogens is 238 g/mol. The molecule has 0 aliphatic rings. The van der Waals surface area contributed by atoms with E-state index in [0.29, 0.717) is 5.82 Å². The van der Waals surface area contributed by atoms with E-state index < -0.39 is 0 Å². The molecule has 2 aromatic rings. The van der Waals surface area contributed by atoms with Crippen molar-refractivity contribution in [1.82, 2.24) is 15.2 Å². The number of nitrogens with one attached hydrogen (secondary N) is 1. The Hall–Kier alpha value is -1.85. The average Bonchev–Trinajstić information content (AvgIpc) is 2.77. The van der Waals surface area contributed by atoms with Gasteiger partial charge in [0.05, 0.1) is 12.2 Å². The first-order valence-electron chi connectivity index (χ1n) is 6.47. The lowest BCUT2D eigenvalue weighted by Crippen LogP contribution is -2.30. The standard InChI is InChI=1S/C14H21N5/c1-3-10-4-6-11(7-5-10)8-13(18-16)12-9-17-19(2)14(12)15/h4-7,9,13,18H,3,8,15-16H2,1-2H3. The van der Waals surface area contributed by atoms with Crippen LogP contribution in [0.4, 0.5) is 5.82 Å². The minimum Gasteiger partial charge on any atom is -0.384 e. The zero-order valence-corrected chi connectivity index (χ0v) is 11.4. The molecule has 0 aliphatic carbocycles. The van der Waals surface area contributed by atoms with Gasteiger partial charge < -0.3 is 5.73 Å². The number of rotatable bonds is 5. The largest absolute Gasteiger partial charge is 0.384 e. The Bertz CT molecular complexity index is 529. The van der Waals surface area contributed by atoms with Crippen LogP contribution in [0.1, 0.15) is 29.7 Å². The fourth-order valence-corrected chi connectivity index (χ4v) is 2.14. The molecule has 0 saturated heterocycles. The summed E-state index contributed by atoms with van der Waals surface area (Å²) in [5, 5.41) is 4.15. The fourth-order valence-electron chi connectivity index (χ4n) is 2.14. The lowest BCUT2D eigenvalue weighted by molar-refractivity contribution is 0.553. The van der Waals surface area contributed by atoms with E-state index in [0.717, 1.165) is 18.4 Å². The van der Waals surface area contributed by atoms with Crippen LogP contribution >= 0.6 is 0 Å². The lowest BCUT2D eigenvalue weighted by Gasteiger charge is -2.15. The summed E-state index contributed by atoms with van der Waals surface area (Å²) in [6, 6.07) is 8.54. The fraction of sp³-hybridized carbons (Fsp3) is 0.357. The molecule has 5 heteroatoms. The van der Waals surface area contributed by atoms with Crippen molar-refractivity contribution >= 4 is 5.82 Å². The molecule has 0 saturated carbocycles. The van der Waals surface area contributed by atoms with E-state index in [2.05, 4.69) is 41.7 Å². The minimum absolute atomic E-state index is 0.0267. The molecule has 0 aliphatic heterocycles. The molecule has 1 aromatic carbocycles. The molecular formula is C14H21N5. The average molecular weight is 259 g/mol. The summed E-state index contributed by atoms with van der Waals surface area (Å²) in [7, 11) is 1.82. The van der Waals surface area contributed by atoms with Gasteiger partial charge in [-0.2, -0.15) is 5.10 Å². The van der Waals surface area contributed by atoms with Crippen molar-refractivity contribution < 1.29 is 0 Å². The number of hydrogen-bond acceptors (Lipinski definition) is 4. The van der Waals surface area contributed by atoms with Gasteiger partial charge in [0.25, 0.3) is 0 Å². The molecule has 1 atom stereocenters. The van der Waals surface area contributed by atoms with E-state index in [9.17, 15) is 0 Å². The molecule has 5 N–H and O–H groups in total. The number of aromatic nitrogens is 2. The van der Waals surface area contributed by atoms with Gasteiger partial charge in [0.15, 0.2) is 0 Å². The predicted molar refractivity (Wildman–Crippen MR) is 77.2 cm³/mol. The molecule has 19 heavy (non-hydrogen) atoms. The number of hydrazine groups is 1. The smallest absolute Gasteiger partial charge is 0.126 e. The maximum atomic E-state index is 5.98. The van der Waals surface area contributed by atoms with Gasteiger partial charge >= 0.3 is 0 Å². The first-order chi connectivity index (χ1) is 9.15. The van der Waals surface area contributed by atoms with E-state index in [4.69, 9.17) is 11.6 Å². The topological polar surface area (TPSA) is 81.9 Å². The molecule has 1 heterocycles. The number of anilines is 1. The first-order valence-corrected chi connectivity index (χ1v) is 6.47. The van der Waals surface area contributed by atoms with Crippen molar-refractivity contribution in [2.75, 3.05) is 5.73 Å². The summed E-state index contributed by atoms with van der Waals surface area (Å²) in [5.74, 6) is 6.29. The predicted octanol–water partition coefficient (Wildman–Crippen LogP) is 1.31. The SMILES string of the molecule is CCc1ccc(CC(NN)c2cnn(C)c2N)cc1. The van der Waals surface area contributed by atoms with Crippen molar-refractivity contribution in [2.45, 2.75) is 25.8 Å². The number of aryl methyl sites for hydroxylation is 2. The van der Waals surface area contributed by atoms with Crippen LogP contribution in [0.15, 0.2) is 30.5 Å². The third-order valence-electron chi connectivity index (χ3n) is 3.46. The Morgan fingerprint density at radius 3 is 2.37 bits per heavy atom. The van der Waals surface area contributed by atoms with Gasteiger partial charge in [-0.1, -0.05) is 31.2 Å². The van der Waals surface area contributed by atoms with Crippen LogP contribution in [0.3, 0.4) is 0 Å². The summed E-state index contributed by atoms with van der Waals surface area (Å²) < 4.78 is 1.65. The highest BCUT2D eigenvalue weighted by molar-refractivity contribution is 5.41. The molecule has 0 bridgehead atoms. The van der Waals surface area contributed by atoms with Crippen molar-refractivity contribution in [1.29, 1.82) is 0 Å². The summed E-state index contributed by atoms with van der Waals surface area (Å²) in [5.41, 5.74) is 12.3. The molecule has 0 fully saturated rings. The Balaban J connectivity index is 2.16. The van der Waals surface area contributed by atoms with Crippen LogP contribution in [-0.4, -0.2) is 9.78 Å². The Morgan fingerprint density at radius 2 is 1.89 bits per heavy atom. The van der Waals surface area contributed by atoms with Crippen molar-refractivity contribution in [3.8, 4) is 0 Å². The number of nitrogens with zero attached hydrogens (tertiary/aromatic N) is 2. The summed E-state index contributed by atoms with van der Waals surface area (Å²) in [6.07, 6.45) is 3.60. The van der Waals surface area contributed by atoms with Gasteiger partial charge in [0.2, 0.25) is 0 Å². The maximum absolute atomic E-state index is 5.98. The van der Waals surface area contributed by atoms with Gasteiger partial charge in [-0.25, -0.2) is 0 Å². The first kappa shape index (κ1) is 13.6. The molecule has 5 nitrogen and oxygen atoms in total. The molecule has 2 rings (SSSR count). The quantitative estimate of drug-likeness (QED) is 0.558. The summed E-state index contributed by atoms with van der Waals surface area (Å²) in [6.45, 7) is 2.15. The second-order valence-electron chi connectivity index (χ2n) is 4.70. The van der Waals surface area contributed by atoms with Crippen LogP contribution in [0, 0.1) is 0 Å². The van der Waals surface area contributed by atoms with Gasteiger partial charge in [-0.15, -0.1) is 0 Å². The zero-order chi connectivity index (χ0) is 13.8. The van der Waals surface area contributed by atoms with E-state index in [1.165, 1.54) is 11.1 Å². The second kappa shape index (κ2) is 5.86. The van der Waals surface area contributed by atoms with E-state index in [1.807, 2.05) is 7.05 Å². The van der Waals surface area contributed by atoms with Gasteiger partial charge in [-0.05, 0) is 24.0 Å². The number of nitrogens with two attached hydrogens (primary N) is 2. The highest BCUT2D eigenvalue weighted by Crippen LogP contribution is 2.22. The van der Waals surface area contributed by atoms with E-state index >= 15 is 0 Å². The van der Waals surface area contributed by atoms with Crippen molar-refractivity contribution in [3.05, 3.63) is 47.2 Å².